The Morgan fingerprint density at radius 3 is 2.02 bits per heavy atom. The first-order valence-electron chi connectivity index (χ1n) is 14.2. The average molecular weight is 726 g/mol. The second kappa shape index (κ2) is 16.8. The van der Waals surface area contributed by atoms with Gasteiger partial charge < -0.3 is 14.9 Å². The minimum atomic E-state index is -5.08. The van der Waals surface area contributed by atoms with Gasteiger partial charge in [0.2, 0.25) is 5.91 Å². The minimum Gasteiger partial charge on any atom is -0.489 e. The number of hydrogen-bond donors (Lipinski definition) is 4. The fraction of sp³-hybridized carbons (Fsp3) is 0.400. The van der Waals surface area contributed by atoms with Gasteiger partial charge in [0.05, 0.1) is 16.2 Å². The third-order valence-electron chi connectivity index (χ3n) is 7.26. The summed E-state index contributed by atoms with van der Waals surface area (Å²) in [5.41, 5.74) is 3.61. The number of aliphatic carboxylic acids is 2. The first-order chi connectivity index (χ1) is 22.6. The number of carbonyl (C=O) groups is 3. The minimum absolute atomic E-state index is 0.0836. The number of rotatable bonds is 8. The molecule has 0 saturated carbocycles. The van der Waals surface area contributed by atoms with Gasteiger partial charge in [-0.3, -0.25) is 19.9 Å². The Bertz CT molecular complexity index is 1690. The van der Waals surface area contributed by atoms with Crippen LogP contribution >= 0.6 is 0 Å². The Balaban J connectivity index is 0.000000500. The number of ether oxygens (including phenoxy) is 1. The number of hydrogen-bond acceptors (Lipinski definition) is 9. The highest BCUT2D eigenvalue weighted by Gasteiger charge is 2.43. The molecule has 1 aromatic heterocycles. The number of pyridine rings is 1. The molecule has 3 aromatic rings. The van der Waals surface area contributed by atoms with E-state index < -0.39 is 45.6 Å². The number of halogens is 6. The number of nitrogens with one attached hydrogen (secondary N) is 1. The molecule has 1 amide bonds. The molecule has 1 aliphatic heterocycles. The highest BCUT2D eigenvalue weighted by molar-refractivity contribution is 7.91. The molecule has 0 aliphatic carbocycles. The van der Waals surface area contributed by atoms with E-state index in [1.54, 1.807) is 29.7 Å². The number of fused-ring (bicyclic) bond motifs is 1. The fourth-order valence-corrected chi connectivity index (χ4v) is 6.77. The number of likely N-dealkylation sites (tertiary alicyclic amines) is 1. The third-order valence-corrected chi connectivity index (χ3v) is 9.17. The van der Waals surface area contributed by atoms with E-state index in [2.05, 4.69) is 4.98 Å². The molecule has 0 radical (unpaired) electrons. The van der Waals surface area contributed by atoms with Gasteiger partial charge in [-0.1, -0.05) is 24.6 Å². The van der Waals surface area contributed by atoms with Crippen LogP contribution in [0.25, 0.3) is 10.9 Å². The van der Waals surface area contributed by atoms with Gasteiger partial charge in [0.1, 0.15) is 12.4 Å². The lowest BCUT2D eigenvalue weighted by Crippen LogP contribution is -2.56. The van der Waals surface area contributed by atoms with E-state index >= 15 is 0 Å². The van der Waals surface area contributed by atoms with Gasteiger partial charge in [0.25, 0.3) is 0 Å². The summed E-state index contributed by atoms with van der Waals surface area (Å²) in [5, 5.41) is 24.3. The maximum absolute atomic E-state index is 13.3. The van der Waals surface area contributed by atoms with Crippen molar-refractivity contribution in [2.24, 2.45) is 0 Å². The van der Waals surface area contributed by atoms with E-state index in [0.717, 1.165) is 35.0 Å². The third kappa shape index (κ3) is 12.2. The number of nitrogens with zero attached hydrogens (tertiary/aromatic N) is 2. The van der Waals surface area contributed by atoms with E-state index in [-0.39, 0.29) is 17.1 Å². The zero-order valence-corrected chi connectivity index (χ0v) is 26.8. The molecule has 49 heavy (non-hydrogen) atoms. The van der Waals surface area contributed by atoms with Crippen LogP contribution in [-0.2, 0) is 30.8 Å². The summed E-state index contributed by atoms with van der Waals surface area (Å²) in [4.78, 5) is 36.4. The molecule has 1 atom stereocenters. The zero-order chi connectivity index (χ0) is 37.2. The molecule has 1 aliphatic rings. The van der Waals surface area contributed by atoms with Crippen molar-refractivity contribution in [2.45, 2.75) is 62.0 Å². The van der Waals surface area contributed by atoms with Crippen LogP contribution < -0.4 is 10.2 Å². The van der Waals surface area contributed by atoms with Crippen molar-refractivity contribution >= 4 is 38.6 Å². The summed E-state index contributed by atoms with van der Waals surface area (Å²) in [6.45, 7) is 2.97. The van der Waals surface area contributed by atoms with Gasteiger partial charge in [-0.05, 0) is 69.8 Å². The summed E-state index contributed by atoms with van der Waals surface area (Å²) in [6, 6.07) is 16.3. The van der Waals surface area contributed by atoms with Crippen LogP contribution in [0.1, 0.15) is 36.9 Å². The van der Waals surface area contributed by atoms with Crippen molar-refractivity contribution in [1.82, 2.24) is 15.4 Å². The summed E-state index contributed by atoms with van der Waals surface area (Å²) >= 11 is 0. The zero-order valence-electron chi connectivity index (χ0n) is 26.0. The molecule has 1 saturated heterocycles. The van der Waals surface area contributed by atoms with Gasteiger partial charge in [0, 0.05) is 28.6 Å². The fourth-order valence-electron chi connectivity index (χ4n) is 4.88. The quantitative estimate of drug-likeness (QED) is 0.141. The van der Waals surface area contributed by atoms with Crippen molar-refractivity contribution in [3.63, 3.8) is 0 Å². The SMILES string of the molecule is Cc1cc(COc2ccc(S(=O)(=O)CC3(CC(=O)NO)CCCCN3C)cc2)c2ccccc2n1.O=C(O)C(F)(F)F.O=C(O)C(F)(F)F. The molecule has 4 N–H and O–H groups in total. The predicted molar refractivity (Wildman–Crippen MR) is 160 cm³/mol. The van der Waals surface area contributed by atoms with E-state index in [9.17, 15) is 39.6 Å². The molecular weight excluding hydrogens is 692 g/mol. The standard InChI is InChI=1S/C26H31N3O5S.2C2HF3O2/c1-19-15-20(23-7-3-4-8-24(23)27-19)17-34-21-9-11-22(12-10-21)35(32,33)18-26(16-25(30)28-31)13-5-6-14-29(26)2;2*3-2(4,5)1(6)7/h3-4,7-12,15,31H,5-6,13-14,16-18H2,1-2H3,(H,28,30);2*(H,6,7). The van der Waals surface area contributed by atoms with Gasteiger partial charge >= 0.3 is 24.3 Å². The Morgan fingerprint density at radius 1 is 0.959 bits per heavy atom. The Kier molecular flexibility index (Phi) is 13.9. The molecule has 1 unspecified atom stereocenters. The van der Waals surface area contributed by atoms with E-state index in [1.807, 2.05) is 49.2 Å². The lowest BCUT2D eigenvalue weighted by molar-refractivity contribution is -0.193. The normalized spacial score (nSPS) is 16.8. The number of aromatic nitrogens is 1. The van der Waals surface area contributed by atoms with Crippen LogP contribution in [0.5, 0.6) is 5.75 Å². The number of carboxylic acid groups (broad SMARTS) is 2. The first kappa shape index (κ1) is 40.7. The first-order valence-corrected chi connectivity index (χ1v) is 15.8. The molecule has 0 spiro atoms. The van der Waals surface area contributed by atoms with Crippen LogP contribution in [0, 0.1) is 6.92 Å². The number of hydroxylamine groups is 1. The average Bonchev–Trinajstić information content (AvgIpc) is 3.01. The highest BCUT2D eigenvalue weighted by Crippen LogP contribution is 2.34. The van der Waals surface area contributed by atoms with E-state index in [1.165, 1.54) is 0 Å². The number of para-hydroxylation sites is 1. The molecule has 4 rings (SSSR count). The highest BCUT2D eigenvalue weighted by atomic mass is 32.2. The number of carboxylic acids is 2. The number of benzene rings is 2. The molecule has 0 bridgehead atoms. The Morgan fingerprint density at radius 2 is 1.51 bits per heavy atom. The maximum Gasteiger partial charge on any atom is 0.490 e. The van der Waals surface area contributed by atoms with Crippen LogP contribution in [0.15, 0.2) is 59.5 Å². The van der Waals surface area contributed by atoms with Crippen molar-refractivity contribution in [1.29, 1.82) is 0 Å². The van der Waals surface area contributed by atoms with Crippen molar-refractivity contribution in [2.75, 3.05) is 19.3 Å². The molecule has 12 nitrogen and oxygen atoms in total. The molecular formula is C30H33F6N3O9S. The number of carbonyl (C=O) groups excluding carboxylic acids is 1. The second-order valence-electron chi connectivity index (χ2n) is 10.9. The van der Waals surface area contributed by atoms with Crippen LogP contribution in [-0.4, -0.2) is 88.8 Å². The lowest BCUT2D eigenvalue weighted by atomic mass is 9.85. The molecule has 2 aromatic carbocycles. The maximum atomic E-state index is 13.3. The topological polar surface area (TPSA) is 183 Å². The van der Waals surface area contributed by atoms with Crippen molar-refractivity contribution in [3.05, 3.63) is 65.9 Å². The summed E-state index contributed by atoms with van der Waals surface area (Å²) in [7, 11) is -1.86. The van der Waals surface area contributed by atoms with E-state index in [0.29, 0.717) is 25.3 Å². The number of amides is 1. The Hall–Kier alpha value is -4.49. The molecule has 270 valence electrons. The van der Waals surface area contributed by atoms with Gasteiger partial charge in [-0.2, -0.15) is 26.3 Å². The van der Waals surface area contributed by atoms with Crippen LogP contribution in [0.4, 0.5) is 26.3 Å². The summed E-state index contributed by atoms with van der Waals surface area (Å²) in [6.07, 6.45) is -7.91. The smallest absolute Gasteiger partial charge is 0.489 e. The Labute approximate surface area is 276 Å². The lowest BCUT2D eigenvalue weighted by Gasteiger charge is -2.44. The van der Waals surface area contributed by atoms with Gasteiger partial charge in [-0.25, -0.2) is 23.5 Å². The molecule has 1 fully saturated rings. The summed E-state index contributed by atoms with van der Waals surface area (Å²) in [5.74, 6) is -5.74. The number of aryl methyl sites for hydroxylation is 1. The largest absolute Gasteiger partial charge is 0.490 e. The molecule has 19 heteroatoms. The van der Waals surface area contributed by atoms with Crippen LogP contribution in [0.3, 0.4) is 0 Å². The van der Waals surface area contributed by atoms with Crippen LogP contribution in [0.2, 0.25) is 0 Å². The molecule has 2 heterocycles. The second-order valence-corrected chi connectivity index (χ2v) is 12.9. The van der Waals surface area contributed by atoms with E-state index in [4.69, 9.17) is 29.7 Å². The van der Waals surface area contributed by atoms with Crippen molar-refractivity contribution in [3.8, 4) is 5.75 Å². The van der Waals surface area contributed by atoms with Gasteiger partial charge in [0.15, 0.2) is 9.84 Å². The number of piperidine rings is 1. The van der Waals surface area contributed by atoms with Gasteiger partial charge in [-0.15, -0.1) is 0 Å². The predicted octanol–water partition coefficient (Wildman–Crippen LogP) is 4.91. The number of alkyl halides is 6. The number of sulfone groups is 1. The summed E-state index contributed by atoms with van der Waals surface area (Å²) < 4.78 is 96.1. The van der Waals surface area contributed by atoms with Crippen molar-refractivity contribution < 1.29 is 69.3 Å². The monoisotopic (exact) mass is 725 g/mol.